The smallest absolute Gasteiger partial charge is 0.238 e. The summed E-state index contributed by atoms with van der Waals surface area (Å²) in [6.07, 6.45) is 3.83. The summed E-state index contributed by atoms with van der Waals surface area (Å²) in [7, 11) is -3.80. The summed E-state index contributed by atoms with van der Waals surface area (Å²) in [4.78, 5) is 5.81. The zero-order chi connectivity index (χ0) is 22.4. The van der Waals surface area contributed by atoms with Gasteiger partial charge in [0.05, 0.1) is 17.2 Å². The molecule has 0 bridgehead atoms. The predicted molar refractivity (Wildman–Crippen MR) is 123 cm³/mol. The van der Waals surface area contributed by atoms with Crippen molar-refractivity contribution in [3.05, 3.63) is 60.2 Å². The molecule has 0 radical (unpaired) electrons. The van der Waals surface area contributed by atoms with Gasteiger partial charge in [0, 0.05) is 16.0 Å². The van der Waals surface area contributed by atoms with Crippen LogP contribution in [0.1, 0.15) is 25.3 Å². The van der Waals surface area contributed by atoms with Crippen molar-refractivity contribution >= 4 is 21.8 Å². The van der Waals surface area contributed by atoms with Gasteiger partial charge in [-0.2, -0.15) is 5.26 Å². The molecule has 1 heterocycles. The van der Waals surface area contributed by atoms with Gasteiger partial charge in [-0.05, 0) is 48.6 Å². The van der Waals surface area contributed by atoms with E-state index in [9.17, 15) is 13.7 Å². The number of benzene rings is 2. The van der Waals surface area contributed by atoms with E-state index >= 15 is 0 Å². The Balaban J connectivity index is 2.19. The van der Waals surface area contributed by atoms with Crippen LogP contribution in [0.25, 0.3) is 22.4 Å². The van der Waals surface area contributed by atoms with Gasteiger partial charge in [0.25, 0.3) is 0 Å². The van der Waals surface area contributed by atoms with Crippen LogP contribution in [-0.2, 0) is 10.0 Å². The number of sulfonamides is 1. The number of rotatable bonds is 8. The Bertz CT molecular complexity index is 1220. The van der Waals surface area contributed by atoms with E-state index in [-0.39, 0.29) is 4.90 Å². The summed E-state index contributed by atoms with van der Waals surface area (Å²) in [6, 6.07) is 18.1. The first kappa shape index (κ1) is 22.8. The van der Waals surface area contributed by atoms with E-state index in [1.54, 1.807) is 30.0 Å². The third-order valence-electron chi connectivity index (χ3n) is 4.68. The highest BCUT2D eigenvalue weighted by molar-refractivity contribution is 7.98. The van der Waals surface area contributed by atoms with Crippen LogP contribution in [0, 0.1) is 11.3 Å². The van der Waals surface area contributed by atoms with Crippen molar-refractivity contribution in [2.75, 3.05) is 12.9 Å². The molecule has 0 aliphatic rings. The molecule has 0 atom stereocenters. The quantitative estimate of drug-likeness (QED) is 0.386. The maximum absolute atomic E-state index is 11.6. The molecule has 0 saturated carbocycles. The van der Waals surface area contributed by atoms with Crippen LogP contribution >= 0.6 is 11.8 Å². The van der Waals surface area contributed by atoms with E-state index in [4.69, 9.17) is 14.9 Å². The molecule has 8 heteroatoms. The summed E-state index contributed by atoms with van der Waals surface area (Å²) in [5.41, 5.74) is 3.29. The maximum atomic E-state index is 11.6. The normalized spacial score (nSPS) is 11.2. The Hall–Kier alpha value is -2.86. The number of pyridine rings is 1. The van der Waals surface area contributed by atoms with E-state index in [1.807, 2.05) is 30.5 Å². The van der Waals surface area contributed by atoms with Crippen molar-refractivity contribution in [2.24, 2.45) is 5.14 Å². The number of nitrogens with two attached hydrogens (primary N) is 1. The second kappa shape index (κ2) is 9.96. The standard InChI is InChI=1S/C23H23N3O3S2/c1-3-4-12-29-23-18(15-24)14-21(16-8-10-20(11-9-16)31(25,27)28)22(26-23)17-6-5-7-19(13-17)30-2/h5-11,13-14H,3-4,12H2,1-2H3,(H2,25,27,28). The molecule has 0 unspecified atom stereocenters. The third-order valence-corrected chi connectivity index (χ3v) is 6.34. The van der Waals surface area contributed by atoms with E-state index < -0.39 is 10.0 Å². The summed E-state index contributed by atoms with van der Waals surface area (Å²) >= 11 is 1.62. The molecule has 0 aliphatic heterocycles. The van der Waals surface area contributed by atoms with Crippen molar-refractivity contribution in [2.45, 2.75) is 29.6 Å². The molecule has 6 nitrogen and oxygen atoms in total. The van der Waals surface area contributed by atoms with Gasteiger partial charge in [0.2, 0.25) is 15.9 Å². The Morgan fingerprint density at radius 3 is 2.48 bits per heavy atom. The number of primary sulfonamides is 1. The zero-order valence-electron chi connectivity index (χ0n) is 17.3. The molecule has 2 aromatic carbocycles. The van der Waals surface area contributed by atoms with Gasteiger partial charge in [-0.1, -0.05) is 37.6 Å². The molecule has 0 amide bonds. The topological polar surface area (TPSA) is 106 Å². The molecular formula is C23H23N3O3S2. The number of nitriles is 1. The summed E-state index contributed by atoms with van der Waals surface area (Å²) in [6.45, 7) is 2.54. The zero-order valence-corrected chi connectivity index (χ0v) is 19.0. The lowest BCUT2D eigenvalue weighted by Gasteiger charge is -2.15. The molecular weight excluding hydrogens is 430 g/mol. The Morgan fingerprint density at radius 1 is 1.13 bits per heavy atom. The van der Waals surface area contributed by atoms with Crippen LogP contribution in [0.15, 0.2) is 64.4 Å². The van der Waals surface area contributed by atoms with Crippen molar-refractivity contribution < 1.29 is 13.2 Å². The van der Waals surface area contributed by atoms with E-state index in [2.05, 4.69) is 13.0 Å². The van der Waals surface area contributed by atoms with Gasteiger partial charge in [0.15, 0.2) is 0 Å². The predicted octanol–water partition coefficient (Wildman–Crippen LogP) is 4.84. The van der Waals surface area contributed by atoms with Crippen molar-refractivity contribution in [3.63, 3.8) is 0 Å². The summed E-state index contributed by atoms with van der Waals surface area (Å²) in [5.74, 6) is 0.297. The Morgan fingerprint density at radius 2 is 1.87 bits per heavy atom. The lowest BCUT2D eigenvalue weighted by atomic mass is 9.98. The minimum atomic E-state index is -3.80. The molecule has 2 N–H and O–H groups in total. The highest BCUT2D eigenvalue weighted by Gasteiger charge is 2.17. The number of unbranched alkanes of at least 4 members (excludes halogenated alkanes) is 1. The van der Waals surface area contributed by atoms with Gasteiger partial charge in [0.1, 0.15) is 11.6 Å². The molecule has 0 aliphatic carbocycles. The van der Waals surface area contributed by atoms with Crippen molar-refractivity contribution in [3.8, 4) is 34.3 Å². The van der Waals surface area contributed by atoms with Crippen LogP contribution in [0.4, 0.5) is 0 Å². The molecule has 0 spiro atoms. The lowest BCUT2D eigenvalue weighted by molar-refractivity contribution is 0.297. The molecule has 31 heavy (non-hydrogen) atoms. The Kier molecular flexibility index (Phi) is 7.33. The fourth-order valence-corrected chi connectivity index (χ4v) is 4.01. The van der Waals surface area contributed by atoms with Crippen molar-refractivity contribution in [1.82, 2.24) is 4.98 Å². The molecule has 3 rings (SSSR count). The second-order valence-corrected chi connectivity index (χ2v) is 9.29. The number of aromatic nitrogens is 1. The second-order valence-electron chi connectivity index (χ2n) is 6.85. The van der Waals surface area contributed by atoms with Crippen LogP contribution < -0.4 is 9.88 Å². The maximum Gasteiger partial charge on any atom is 0.238 e. The fraction of sp³-hybridized carbons (Fsp3) is 0.217. The van der Waals surface area contributed by atoms with Crippen LogP contribution in [0.2, 0.25) is 0 Å². The summed E-state index contributed by atoms with van der Waals surface area (Å²) < 4.78 is 29.0. The first-order valence-electron chi connectivity index (χ1n) is 9.73. The highest BCUT2D eigenvalue weighted by Crippen LogP contribution is 2.36. The molecule has 0 fully saturated rings. The lowest BCUT2D eigenvalue weighted by Crippen LogP contribution is -2.11. The number of thioether (sulfide) groups is 1. The minimum Gasteiger partial charge on any atom is -0.477 e. The van der Waals surface area contributed by atoms with E-state index in [0.717, 1.165) is 28.9 Å². The van der Waals surface area contributed by atoms with Crippen molar-refractivity contribution in [1.29, 1.82) is 5.26 Å². The monoisotopic (exact) mass is 453 g/mol. The van der Waals surface area contributed by atoms with Gasteiger partial charge >= 0.3 is 0 Å². The Labute approximate surface area is 187 Å². The number of ether oxygens (including phenoxy) is 1. The molecule has 3 aromatic rings. The first-order valence-corrected chi connectivity index (χ1v) is 12.5. The fourth-order valence-electron chi connectivity index (χ4n) is 3.03. The van der Waals surface area contributed by atoms with Gasteiger partial charge in [-0.3, -0.25) is 0 Å². The van der Waals surface area contributed by atoms with Crippen LogP contribution in [-0.4, -0.2) is 26.3 Å². The van der Waals surface area contributed by atoms with Crippen LogP contribution in [0.5, 0.6) is 5.88 Å². The number of hydrogen-bond donors (Lipinski definition) is 1. The van der Waals surface area contributed by atoms with Crippen LogP contribution in [0.3, 0.4) is 0 Å². The average molecular weight is 454 g/mol. The first-order chi connectivity index (χ1) is 14.9. The number of hydrogen-bond acceptors (Lipinski definition) is 6. The molecule has 0 saturated heterocycles. The average Bonchev–Trinajstić information content (AvgIpc) is 2.78. The summed E-state index contributed by atoms with van der Waals surface area (Å²) in [5, 5.41) is 14.9. The number of nitrogens with zero attached hydrogens (tertiary/aromatic N) is 2. The molecule has 160 valence electrons. The van der Waals surface area contributed by atoms with Gasteiger partial charge in [-0.25, -0.2) is 18.5 Å². The van der Waals surface area contributed by atoms with Gasteiger partial charge < -0.3 is 4.74 Å². The SMILES string of the molecule is CCCCOc1nc(-c2cccc(SC)c2)c(-c2ccc(S(N)(=O)=O)cc2)cc1C#N. The largest absolute Gasteiger partial charge is 0.477 e. The minimum absolute atomic E-state index is 0.0233. The van der Waals surface area contributed by atoms with E-state index in [0.29, 0.717) is 29.3 Å². The van der Waals surface area contributed by atoms with Gasteiger partial charge in [-0.15, -0.1) is 11.8 Å². The highest BCUT2D eigenvalue weighted by atomic mass is 32.2. The third kappa shape index (κ3) is 5.44. The molecule has 1 aromatic heterocycles. The van der Waals surface area contributed by atoms with E-state index in [1.165, 1.54) is 12.1 Å².